The molecule has 3 rings (SSSR count). The molecule has 0 unspecified atom stereocenters. The molecular weight excluding hydrogens is 441 g/mol. The molecule has 0 saturated heterocycles. The van der Waals surface area contributed by atoms with Crippen LogP contribution in [-0.2, 0) is 11.8 Å². The Kier molecular flexibility index (Phi) is 7.86. The van der Waals surface area contributed by atoms with Crippen molar-refractivity contribution in [2.75, 3.05) is 11.1 Å². The molecule has 0 aliphatic carbocycles. The summed E-state index contributed by atoms with van der Waals surface area (Å²) in [6.07, 6.45) is 0. The molecule has 2 N–H and O–H groups in total. The number of hydrogen-bond donors (Lipinski definition) is 2. The number of rotatable bonds is 8. The lowest BCUT2D eigenvalue weighted by atomic mass is 10.0. The third-order valence-corrected chi connectivity index (χ3v) is 6.24. The number of amides is 2. The molecular formula is C24H28FN5O2S. The van der Waals surface area contributed by atoms with Gasteiger partial charge in [0, 0.05) is 18.3 Å². The molecule has 7 nitrogen and oxygen atoms in total. The van der Waals surface area contributed by atoms with Crippen LogP contribution in [0, 0.1) is 25.6 Å². The van der Waals surface area contributed by atoms with Crippen molar-refractivity contribution in [3.05, 3.63) is 70.8 Å². The predicted octanol–water partition coefficient (Wildman–Crippen LogP) is 4.43. The minimum Gasteiger partial charge on any atom is -0.342 e. The van der Waals surface area contributed by atoms with E-state index >= 15 is 0 Å². The molecule has 0 aliphatic heterocycles. The van der Waals surface area contributed by atoms with Crippen LogP contribution in [0.1, 0.15) is 47.2 Å². The number of hydrogen-bond acceptors (Lipinski definition) is 5. The minimum absolute atomic E-state index is 0.0689. The second-order valence-corrected chi connectivity index (χ2v) is 9.20. The first kappa shape index (κ1) is 24.4. The van der Waals surface area contributed by atoms with Crippen LogP contribution in [0.15, 0.2) is 47.6 Å². The molecule has 0 saturated carbocycles. The van der Waals surface area contributed by atoms with E-state index in [9.17, 15) is 14.0 Å². The van der Waals surface area contributed by atoms with Gasteiger partial charge in [-0.25, -0.2) is 4.39 Å². The van der Waals surface area contributed by atoms with Crippen LogP contribution in [0.3, 0.4) is 0 Å². The highest BCUT2D eigenvalue weighted by Gasteiger charge is 2.25. The number of nitrogens with one attached hydrogen (secondary N) is 2. The SMILES string of the molecule is Cc1ccc(C(=O)N[C@@H](c2nnc(SCC(=O)Nc3cc(F)ccc3C)n2C)C(C)C)cc1. The first-order chi connectivity index (χ1) is 15.7. The number of aryl methyl sites for hydroxylation is 2. The maximum absolute atomic E-state index is 13.5. The molecule has 174 valence electrons. The predicted molar refractivity (Wildman–Crippen MR) is 128 cm³/mol. The monoisotopic (exact) mass is 469 g/mol. The van der Waals surface area contributed by atoms with E-state index in [2.05, 4.69) is 20.8 Å². The van der Waals surface area contributed by atoms with Crippen molar-refractivity contribution in [1.29, 1.82) is 0 Å². The van der Waals surface area contributed by atoms with Gasteiger partial charge in [-0.1, -0.05) is 49.4 Å². The van der Waals surface area contributed by atoms with Crippen molar-refractivity contribution >= 4 is 29.3 Å². The van der Waals surface area contributed by atoms with Crippen LogP contribution in [0.25, 0.3) is 0 Å². The quantitative estimate of drug-likeness (QED) is 0.477. The molecule has 33 heavy (non-hydrogen) atoms. The van der Waals surface area contributed by atoms with Gasteiger partial charge in [-0.2, -0.15) is 0 Å². The van der Waals surface area contributed by atoms with Crippen LogP contribution in [0.2, 0.25) is 0 Å². The Morgan fingerprint density at radius 2 is 1.79 bits per heavy atom. The summed E-state index contributed by atoms with van der Waals surface area (Å²) in [5.74, 6) is -0.103. The third kappa shape index (κ3) is 6.19. The smallest absolute Gasteiger partial charge is 0.251 e. The highest BCUT2D eigenvalue weighted by molar-refractivity contribution is 7.99. The summed E-state index contributed by atoms with van der Waals surface area (Å²) in [4.78, 5) is 25.1. The lowest BCUT2D eigenvalue weighted by Crippen LogP contribution is -2.33. The fraction of sp³-hybridized carbons (Fsp3) is 0.333. The topological polar surface area (TPSA) is 88.9 Å². The van der Waals surface area contributed by atoms with E-state index in [1.54, 1.807) is 36.7 Å². The van der Waals surface area contributed by atoms with Gasteiger partial charge in [0.25, 0.3) is 5.91 Å². The highest BCUT2D eigenvalue weighted by atomic mass is 32.2. The van der Waals surface area contributed by atoms with E-state index < -0.39 is 5.82 Å². The first-order valence-corrected chi connectivity index (χ1v) is 11.6. The average Bonchev–Trinajstić information content (AvgIpc) is 3.13. The average molecular weight is 470 g/mol. The normalized spacial score (nSPS) is 12.0. The fourth-order valence-electron chi connectivity index (χ4n) is 3.23. The second kappa shape index (κ2) is 10.6. The van der Waals surface area contributed by atoms with Gasteiger partial charge in [0.1, 0.15) is 5.82 Å². The lowest BCUT2D eigenvalue weighted by molar-refractivity contribution is -0.113. The number of nitrogens with zero attached hydrogens (tertiary/aromatic N) is 3. The number of carbonyl (C=O) groups is 2. The molecule has 1 atom stereocenters. The van der Waals surface area contributed by atoms with E-state index in [0.29, 0.717) is 22.2 Å². The first-order valence-electron chi connectivity index (χ1n) is 10.6. The number of anilines is 1. The molecule has 9 heteroatoms. The summed E-state index contributed by atoms with van der Waals surface area (Å²) < 4.78 is 15.2. The summed E-state index contributed by atoms with van der Waals surface area (Å²) in [5.41, 5.74) is 2.88. The molecule has 0 aliphatic rings. The van der Waals surface area contributed by atoms with Gasteiger partial charge in [-0.3, -0.25) is 9.59 Å². The molecule has 0 spiro atoms. The molecule has 0 radical (unpaired) electrons. The van der Waals surface area contributed by atoms with Crippen LogP contribution >= 0.6 is 11.8 Å². The maximum atomic E-state index is 13.5. The van der Waals surface area contributed by atoms with Crippen molar-refractivity contribution in [1.82, 2.24) is 20.1 Å². The number of carbonyl (C=O) groups excluding carboxylic acids is 2. The molecule has 1 aromatic heterocycles. The fourth-order valence-corrected chi connectivity index (χ4v) is 3.94. The summed E-state index contributed by atoms with van der Waals surface area (Å²) in [6, 6.07) is 11.3. The summed E-state index contributed by atoms with van der Waals surface area (Å²) in [5, 5.41) is 14.8. The number of thioether (sulfide) groups is 1. The van der Waals surface area contributed by atoms with Gasteiger partial charge in [0.15, 0.2) is 11.0 Å². The van der Waals surface area contributed by atoms with E-state index in [0.717, 1.165) is 11.1 Å². The van der Waals surface area contributed by atoms with E-state index in [1.165, 1.54) is 23.9 Å². The Bertz CT molecular complexity index is 1140. The van der Waals surface area contributed by atoms with Crippen molar-refractivity contribution in [2.45, 2.75) is 38.9 Å². The van der Waals surface area contributed by atoms with Gasteiger partial charge < -0.3 is 15.2 Å². The standard InChI is InChI=1S/C24H28FN5O2S/c1-14(2)21(27-23(32)17-9-6-15(3)7-10-17)22-28-29-24(30(22)5)33-13-20(31)26-19-12-18(25)11-8-16(19)4/h6-12,14,21H,13H2,1-5H3,(H,26,31)(H,27,32)/t21-/m1/s1. The zero-order valence-electron chi connectivity index (χ0n) is 19.3. The molecule has 3 aromatic rings. The van der Waals surface area contributed by atoms with Gasteiger partial charge in [0.2, 0.25) is 5.91 Å². The van der Waals surface area contributed by atoms with Crippen molar-refractivity contribution in [3.8, 4) is 0 Å². The largest absolute Gasteiger partial charge is 0.342 e. The van der Waals surface area contributed by atoms with Gasteiger partial charge in [0.05, 0.1) is 11.8 Å². The summed E-state index contributed by atoms with van der Waals surface area (Å²) in [6.45, 7) is 7.76. The Balaban J connectivity index is 1.67. The van der Waals surface area contributed by atoms with E-state index in [4.69, 9.17) is 0 Å². The lowest BCUT2D eigenvalue weighted by Gasteiger charge is -2.21. The number of halogens is 1. The molecule has 2 amide bonds. The Hall–Kier alpha value is -3.20. The van der Waals surface area contributed by atoms with Crippen molar-refractivity contribution < 1.29 is 14.0 Å². The van der Waals surface area contributed by atoms with Gasteiger partial charge in [-0.15, -0.1) is 10.2 Å². The Morgan fingerprint density at radius 3 is 2.45 bits per heavy atom. The Labute approximate surface area is 197 Å². The van der Waals surface area contributed by atoms with Gasteiger partial charge in [-0.05, 0) is 49.6 Å². The van der Waals surface area contributed by atoms with E-state index in [-0.39, 0.29) is 29.5 Å². The second-order valence-electron chi connectivity index (χ2n) is 8.26. The number of benzene rings is 2. The minimum atomic E-state index is -0.408. The Morgan fingerprint density at radius 1 is 1.09 bits per heavy atom. The molecule has 1 heterocycles. The van der Waals surface area contributed by atoms with Crippen molar-refractivity contribution in [3.63, 3.8) is 0 Å². The summed E-state index contributed by atoms with van der Waals surface area (Å²) in [7, 11) is 1.81. The van der Waals surface area contributed by atoms with E-state index in [1.807, 2.05) is 32.9 Å². The third-order valence-electron chi connectivity index (χ3n) is 5.22. The van der Waals surface area contributed by atoms with Gasteiger partial charge >= 0.3 is 0 Å². The van der Waals surface area contributed by atoms with Crippen molar-refractivity contribution in [2.24, 2.45) is 13.0 Å². The zero-order valence-corrected chi connectivity index (χ0v) is 20.2. The van der Waals surface area contributed by atoms with Crippen LogP contribution < -0.4 is 10.6 Å². The molecule has 2 aromatic carbocycles. The molecule has 0 fully saturated rings. The maximum Gasteiger partial charge on any atom is 0.251 e. The number of aromatic nitrogens is 3. The van der Waals surface area contributed by atoms with Crippen LogP contribution in [0.4, 0.5) is 10.1 Å². The van der Waals surface area contributed by atoms with Crippen LogP contribution in [-0.4, -0.2) is 32.3 Å². The highest BCUT2D eigenvalue weighted by Crippen LogP contribution is 2.25. The zero-order chi connectivity index (χ0) is 24.1. The van der Waals surface area contributed by atoms with Crippen LogP contribution in [0.5, 0.6) is 0 Å². The summed E-state index contributed by atoms with van der Waals surface area (Å²) >= 11 is 1.22. The molecule has 0 bridgehead atoms.